The molecule has 0 spiro atoms. The van der Waals surface area contributed by atoms with E-state index >= 15 is 0 Å². The summed E-state index contributed by atoms with van der Waals surface area (Å²) in [5.41, 5.74) is 0.583. The van der Waals surface area contributed by atoms with E-state index in [2.05, 4.69) is 15.5 Å². The van der Waals surface area contributed by atoms with Crippen molar-refractivity contribution in [3.8, 4) is 0 Å². The molecule has 1 saturated carbocycles. The van der Waals surface area contributed by atoms with Crippen LogP contribution in [0, 0.1) is 5.82 Å². The zero-order valence-corrected chi connectivity index (χ0v) is 16.6. The van der Waals surface area contributed by atoms with Crippen LogP contribution in [-0.4, -0.2) is 40.4 Å². The van der Waals surface area contributed by atoms with Gasteiger partial charge in [0.15, 0.2) is 4.34 Å². The average molecular weight is 409 g/mol. The number of benzene rings is 1. The Labute approximate surface area is 165 Å². The van der Waals surface area contributed by atoms with Gasteiger partial charge in [-0.3, -0.25) is 14.5 Å². The molecule has 1 heterocycles. The molecule has 9 heteroatoms. The molecule has 1 N–H and O–H groups in total. The second-order valence-corrected chi connectivity index (χ2v) is 8.36. The van der Waals surface area contributed by atoms with Gasteiger partial charge in [0.2, 0.25) is 16.9 Å². The van der Waals surface area contributed by atoms with Gasteiger partial charge in [-0.05, 0) is 30.9 Å². The SMILES string of the molecule is CCC(=O)N(c1nnc(SCC(=O)NCCc2ccccc2F)s1)C1CC1. The van der Waals surface area contributed by atoms with Crippen LogP contribution < -0.4 is 10.2 Å². The smallest absolute Gasteiger partial charge is 0.230 e. The minimum absolute atomic E-state index is 0.0519. The number of aromatic nitrogens is 2. The van der Waals surface area contributed by atoms with Crippen molar-refractivity contribution < 1.29 is 14.0 Å². The highest BCUT2D eigenvalue weighted by molar-refractivity contribution is 8.01. The van der Waals surface area contributed by atoms with Crippen molar-refractivity contribution in [2.75, 3.05) is 17.2 Å². The highest BCUT2D eigenvalue weighted by Crippen LogP contribution is 2.36. The number of carbonyl (C=O) groups excluding carboxylic acids is 2. The molecular formula is C18H21FN4O2S2. The van der Waals surface area contributed by atoms with E-state index in [1.54, 1.807) is 23.1 Å². The van der Waals surface area contributed by atoms with Gasteiger partial charge in [-0.2, -0.15) is 0 Å². The molecule has 2 aromatic rings. The van der Waals surface area contributed by atoms with Crippen LogP contribution in [0.4, 0.5) is 9.52 Å². The van der Waals surface area contributed by atoms with Gasteiger partial charge in [-0.1, -0.05) is 48.2 Å². The quantitative estimate of drug-likeness (QED) is 0.510. The Hall–Kier alpha value is -2.00. The fraction of sp³-hybridized carbons (Fsp3) is 0.444. The van der Waals surface area contributed by atoms with Crippen LogP contribution in [0.1, 0.15) is 31.7 Å². The third-order valence-corrected chi connectivity index (χ3v) is 6.14. The molecule has 0 aliphatic heterocycles. The average Bonchev–Trinajstić information content (AvgIpc) is 3.39. The summed E-state index contributed by atoms with van der Waals surface area (Å²) in [5, 5.41) is 11.6. The molecule has 6 nitrogen and oxygen atoms in total. The molecule has 0 atom stereocenters. The first-order valence-electron chi connectivity index (χ1n) is 8.87. The number of rotatable bonds is 9. The van der Waals surface area contributed by atoms with Gasteiger partial charge < -0.3 is 5.32 Å². The zero-order chi connectivity index (χ0) is 19.2. The Morgan fingerprint density at radius 1 is 1.33 bits per heavy atom. The van der Waals surface area contributed by atoms with E-state index in [4.69, 9.17) is 0 Å². The molecule has 0 saturated heterocycles. The van der Waals surface area contributed by atoms with Crippen molar-refractivity contribution in [3.63, 3.8) is 0 Å². The second kappa shape index (κ2) is 9.27. The molecule has 1 fully saturated rings. The van der Waals surface area contributed by atoms with Gasteiger partial charge in [0.1, 0.15) is 5.82 Å². The minimum Gasteiger partial charge on any atom is -0.355 e. The lowest BCUT2D eigenvalue weighted by molar-refractivity contribution is -0.119. The lowest BCUT2D eigenvalue weighted by Crippen LogP contribution is -2.32. The van der Waals surface area contributed by atoms with E-state index in [9.17, 15) is 14.0 Å². The van der Waals surface area contributed by atoms with Crippen LogP contribution >= 0.6 is 23.1 Å². The summed E-state index contributed by atoms with van der Waals surface area (Å²) in [4.78, 5) is 25.8. The molecule has 2 amide bonds. The molecule has 1 aromatic carbocycles. The van der Waals surface area contributed by atoms with Crippen molar-refractivity contribution >= 4 is 40.0 Å². The third-order valence-electron chi connectivity index (χ3n) is 4.09. The van der Waals surface area contributed by atoms with Gasteiger partial charge >= 0.3 is 0 Å². The molecular weight excluding hydrogens is 387 g/mol. The predicted octanol–water partition coefficient (Wildman–Crippen LogP) is 3.03. The summed E-state index contributed by atoms with van der Waals surface area (Å²) in [6.45, 7) is 2.21. The summed E-state index contributed by atoms with van der Waals surface area (Å²) in [5.74, 6) is -0.144. The number of thioether (sulfide) groups is 1. The largest absolute Gasteiger partial charge is 0.355 e. The number of nitrogens with zero attached hydrogens (tertiary/aromatic N) is 3. The lowest BCUT2D eigenvalue weighted by atomic mass is 10.1. The standard InChI is InChI=1S/C18H21FN4O2S2/c1-2-16(25)23(13-7-8-13)17-21-22-18(27-17)26-11-15(24)20-10-9-12-5-3-4-6-14(12)19/h3-6,13H,2,7-11H2,1H3,(H,20,24). The number of amides is 2. The molecule has 1 aliphatic carbocycles. The van der Waals surface area contributed by atoms with Crippen molar-refractivity contribution in [3.05, 3.63) is 35.6 Å². The summed E-state index contributed by atoms with van der Waals surface area (Å²) in [6, 6.07) is 6.78. The van der Waals surface area contributed by atoms with Crippen LogP contribution in [0.15, 0.2) is 28.6 Å². The summed E-state index contributed by atoms with van der Waals surface area (Å²) < 4.78 is 14.2. The van der Waals surface area contributed by atoms with Crippen molar-refractivity contribution in [1.29, 1.82) is 0 Å². The molecule has 1 aliphatic rings. The maximum atomic E-state index is 13.5. The number of hydrogen-bond donors (Lipinski definition) is 1. The summed E-state index contributed by atoms with van der Waals surface area (Å²) in [6.07, 6.45) is 2.88. The molecule has 3 rings (SSSR count). The highest BCUT2D eigenvalue weighted by atomic mass is 32.2. The maximum absolute atomic E-state index is 13.5. The molecule has 1 aromatic heterocycles. The fourth-order valence-corrected chi connectivity index (χ4v) is 4.30. The van der Waals surface area contributed by atoms with Gasteiger partial charge in [0, 0.05) is 19.0 Å². The Morgan fingerprint density at radius 3 is 2.81 bits per heavy atom. The van der Waals surface area contributed by atoms with Crippen LogP contribution in [0.5, 0.6) is 0 Å². The molecule has 0 unspecified atom stereocenters. The van der Waals surface area contributed by atoms with Gasteiger partial charge in [-0.15, -0.1) is 10.2 Å². The van der Waals surface area contributed by atoms with Crippen molar-refractivity contribution in [2.24, 2.45) is 0 Å². The van der Waals surface area contributed by atoms with E-state index in [0.29, 0.717) is 34.4 Å². The summed E-state index contributed by atoms with van der Waals surface area (Å²) in [7, 11) is 0. The van der Waals surface area contributed by atoms with Gasteiger partial charge in [0.25, 0.3) is 0 Å². The first kappa shape index (κ1) is 19.8. The molecule has 0 bridgehead atoms. The monoisotopic (exact) mass is 408 g/mol. The van der Waals surface area contributed by atoms with E-state index in [1.165, 1.54) is 29.2 Å². The molecule has 27 heavy (non-hydrogen) atoms. The minimum atomic E-state index is -0.260. The number of halogens is 1. The Kier molecular flexibility index (Phi) is 6.78. The van der Waals surface area contributed by atoms with E-state index < -0.39 is 0 Å². The predicted molar refractivity (Wildman–Crippen MR) is 105 cm³/mol. The maximum Gasteiger partial charge on any atom is 0.230 e. The number of hydrogen-bond acceptors (Lipinski definition) is 6. The zero-order valence-electron chi connectivity index (χ0n) is 15.0. The van der Waals surface area contributed by atoms with Crippen LogP contribution in [-0.2, 0) is 16.0 Å². The molecule has 144 valence electrons. The topological polar surface area (TPSA) is 75.2 Å². The van der Waals surface area contributed by atoms with Gasteiger partial charge in [-0.25, -0.2) is 4.39 Å². The Bertz CT molecular complexity index is 810. The number of anilines is 1. The number of nitrogens with one attached hydrogen (secondary N) is 1. The molecule has 0 radical (unpaired) electrons. The van der Waals surface area contributed by atoms with Crippen LogP contribution in [0.25, 0.3) is 0 Å². The third kappa shape index (κ3) is 5.49. The number of carbonyl (C=O) groups is 2. The Morgan fingerprint density at radius 2 is 2.11 bits per heavy atom. The Balaban J connectivity index is 1.44. The van der Waals surface area contributed by atoms with E-state index in [-0.39, 0.29) is 29.4 Å². The van der Waals surface area contributed by atoms with E-state index in [0.717, 1.165) is 12.8 Å². The normalized spacial score (nSPS) is 13.4. The first-order chi connectivity index (χ1) is 13.1. The lowest BCUT2D eigenvalue weighted by Gasteiger charge is -2.17. The van der Waals surface area contributed by atoms with Crippen LogP contribution in [0.2, 0.25) is 0 Å². The summed E-state index contributed by atoms with van der Waals surface area (Å²) >= 11 is 2.62. The van der Waals surface area contributed by atoms with Crippen LogP contribution in [0.3, 0.4) is 0 Å². The fourth-order valence-electron chi connectivity index (χ4n) is 2.54. The van der Waals surface area contributed by atoms with Crippen molar-refractivity contribution in [1.82, 2.24) is 15.5 Å². The highest BCUT2D eigenvalue weighted by Gasteiger charge is 2.35. The first-order valence-corrected chi connectivity index (χ1v) is 10.7. The van der Waals surface area contributed by atoms with Gasteiger partial charge in [0.05, 0.1) is 5.75 Å². The van der Waals surface area contributed by atoms with E-state index in [1.807, 2.05) is 6.92 Å². The second-order valence-electron chi connectivity index (χ2n) is 6.18. The van der Waals surface area contributed by atoms with Crippen molar-refractivity contribution in [2.45, 2.75) is 43.0 Å².